The summed E-state index contributed by atoms with van der Waals surface area (Å²) in [5, 5.41) is 3.32. The summed E-state index contributed by atoms with van der Waals surface area (Å²) in [6.45, 7) is 4.26. The van der Waals surface area contributed by atoms with Crippen LogP contribution in [0.3, 0.4) is 0 Å². The normalized spacial score (nSPS) is 14.9. The van der Waals surface area contributed by atoms with E-state index in [2.05, 4.69) is 43.4 Å². The molecule has 0 fully saturated rings. The average Bonchev–Trinajstić information content (AvgIpc) is 2.25. The number of nitrogens with one attached hydrogen (secondary N) is 1. The highest BCUT2D eigenvalue weighted by atomic mass is 16.5. The van der Waals surface area contributed by atoms with E-state index in [1.165, 1.54) is 11.1 Å². The van der Waals surface area contributed by atoms with Crippen molar-refractivity contribution in [2.24, 2.45) is 0 Å². The maximum absolute atomic E-state index is 5.48. The van der Waals surface area contributed by atoms with Crippen LogP contribution in [0.25, 0.3) is 0 Å². The van der Waals surface area contributed by atoms with Crippen LogP contribution < -0.4 is 5.32 Å². The van der Waals surface area contributed by atoms with Crippen molar-refractivity contribution in [1.29, 1.82) is 0 Å². The molecular weight excluding hydrogens is 186 g/mol. The Hall–Kier alpha value is -0.860. The molecule has 2 heteroatoms. The average molecular weight is 207 g/mol. The Morgan fingerprint density at radius 1 is 1.40 bits per heavy atom. The number of hydrogen-bond acceptors (Lipinski definition) is 2. The van der Waals surface area contributed by atoms with Gasteiger partial charge in [0.15, 0.2) is 0 Å². The summed E-state index contributed by atoms with van der Waals surface area (Å²) in [6.07, 6.45) is 1.24. The smallest absolute Gasteiger partial charge is 0.0763 e. The van der Waals surface area contributed by atoms with Gasteiger partial charge in [0, 0.05) is 7.11 Å². The van der Waals surface area contributed by atoms with Crippen LogP contribution in [-0.2, 0) is 4.74 Å². The summed E-state index contributed by atoms with van der Waals surface area (Å²) in [5.41, 5.74) is 2.59. The quantitative estimate of drug-likeness (QED) is 0.801. The summed E-state index contributed by atoms with van der Waals surface area (Å²) in [5.74, 6) is 0. The highest BCUT2D eigenvalue weighted by Gasteiger charge is 2.19. The lowest BCUT2D eigenvalue weighted by molar-refractivity contribution is 0.0675. The number of hydrogen-bond donors (Lipinski definition) is 1. The molecule has 15 heavy (non-hydrogen) atoms. The van der Waals surface area contributed by atoms with E-state index in [1.54, 1.807) is 7.11 Å². The Bertz CT molecular complexity index is 294. The molecule has 0 radical (unpaired) electrons. The summed E-state index contributed by atoms with van der Waals surface area (Å²) >= 11 is 0. The molecule has 0 spiro atoms. The Kier molecular flexibility index (Phi) is 4.79. The summed E-state index contributed by atoms with van der Waals surface area (Å²) in [7, 11) is 3.75. The zero-order valence-corrected chi connectivity index (χ0v) is 10.1. The number of benzene rings is 1. The first-order valence-electron chi connectivity index (χ1n) is 5.49. The predicted octanol–water partition coefficient (Wildman–Crippen LogP) is 2.68. The Morgan fingerprint density at radius 3 is 2.60 bits per heavy atom. The Balaban J connectivity index is 2.90. The second-order valence-electron chi connectivity index (χ2n) is 3.86. The van der Waals surface area contributed by atoms with Gasteiger partial charge in [0.2, 0.25) is 0 Å². The fourth-order valence-corrected chi connectivity index (χ4v) is 1.97. The van der Waals surface area contributed by atoms with Crippen molar-refractivity contribution >= 4 is 0 Å². The molecule has 84 valence electrons. The lowest BCUT2D eigenvalue weighted by atomic mass is 9.98. The first-order chi connectivity index (χ1) is 7.22. The van der Waals surface area contributed by atoms with Gasteiger partial charge in [-0.05, 0) is 26.0 Å². The van der Waals surface area contributed by atoms with Crippen LogP contribution >= 0.6 is 0 Å². The first-order valence-corrected chi connectivity index (χ1v) is 5.49. The van der Waals surface area contributed by atoms with Crippen molar-refractivity contribution in [2.75, 3.05) is 14.2 Å². The van der Waals surface area contributed by atoms with E-state index in [0.29, 0.717) is 0 Å². The van der Waals surface area contributed by atoms with Crippen LogP contribution in [0.4, 0.5) is 0 Å². The lowest BCUT2D eigenvalue weighted by Crippen LogP contribution is -2.30. The van der Waals surface area contributed by atoms with Gasteiger partial charge in [-0.25, -0.2) is 0 Å². The van der Waals surface area contributed by atoms with Crippen molar-refractivity contribution in [3.63, 3.8) is 0 Å². The van der Waals surface area contributed by atoms with E-state index in [4.69, 9.17) is 4.74 Å². The van der Waals surface area contributed by atoms with Gasteiger partial charge in [0.1, 0.15) is 0 Å². The molecule has 0 aliphatic carbocycles. The molecule has 1 aromatic carbocycles. The Morgan fingerprint density at radius 2 is 2.13 bits per heavy atom. The highest BCUT2D eigenvalue weighted by Crippen LogP contribution is 2.21. The summed E-state index contributed by atoms with van der Waals surface area (Å²) in [6, 6.07) is 8.85. The standard InChI is InChI=1S/C13H21NO/c1-5-12(15-4)13(14-3)11-8-6-7-10(2)9-11/h6-9,12-14H,5H2,1-4H3. The van der Waals surface area contributed by atoms with Crippen LogP contribution in [-0.4, -0.2) is 20.3 Å². The number of likely N-dealkylation sites (N-methyl/N-ethyl adjacent to an activating group) is 1. The van der Waals surface area contributed by atoms with Gasteiger partial charge in [0.05, 0.1) is 12.1 Å². The third kappa shape index (κ3) is 3.05. The van der Waals surface area contributed by atoms with Gasteiger partial charge in [-0.3, -0.25) is 0 Å². The van der Waals surface area contributed by atoms with Crippen molar-refractivity contribution in [3.05, 3.63) is 35.4 Å². The van der Waals surface area contributed by atoms with Crippen molar-refractivity contribution < 1.29 is 4.74 Å². The highest BCUT2D eigenvalue weighted by molar-refractivity contribution is 5.25. The van der Waals surface area contributed by atoms with E-state index in [1.807, 2.05) is 7.05 Å². The molecule has 2 unspecified atom stereocenters. The zero-order valence-electron chi connectivity index (χ0n) is 10.1. The molecule has 0 saturated carbocycles. The largest absolute Gasteiger partial charge is 0.379 e. The van der Waals surface area contributed by atoms with Crippen LogP contribution in [0.2, 0.25) is 0 Å². The fraction of sp³-hybridized carbons (Fsp3) is 0.538. The number of rotatable bonds is 5. The van der Waals surface area contributed by atoms with Crippen molar-refractivity contribution in [3.8, 4) is 0 Å². The second-order valence-corrected chi connectivity index (χ2v) is 3.86. The first kappa shape index (κ1) is 12.2. The monoisotopic (exact) mass is 207 g/mol. The van der Waals surface area contributed by atoms with Gasteiger partial charge in [-0.1, -0.05) is 36.8 Å². The van der Waals surface area contributed by atoms with E-state index in [0.717, 1.165) is 6.42 Å². The molecule has 0 aliphatic rings. The maximum Gasteiger partial charge on any atom is 0.0763 e. The molecule has 2 atom stereocenters. The molecule has 0 aromatic heterocycles. The molecule has 0 saturated heterocycles. The van der Waals surface area contributed by atoms with E-state index in [9.17, 15) is 0 Å². The van der Waals surface area contributed by atoms with Crippen LogP contribution in [0, 0.1) is 6.92 Å². The molecule has 0 aliphatic heterocycles. The molecule has 0 amide bonds. The molecule has 0 heterocycles. The van der Waals surface area contributed by atoms with Gasteiger partial charge < -0.3 is 10.1 Å². The Labute approximate surface area is 92.6 Å². The van der Waals surface area contributed by atoms with Gasteiger partial charge >= 0.3 is 0 Å². The number of methoxy groups -OCH3 is 1. The SMILES string of the molecule is CCC(OC)C(NC)c1cccc(C)c1. The maximum atomic E-state index is 5.48. The molecule has 2 nitrogen and oxygen atoms in total. The minimum absolute atomic E-state index is 0.233. The molecular formula is C13H21NO. The van der Waals surface area contributed by atoms with Crippen LogP contribution in [0.5, 0.6) is 0 Å². The number of ether oxygens (including phenoxy) is 1. The van der Waals surface area contributed by atoms with Gasteiger partial charge in [-0.2, -0.15) is 0 Å². The minimum Gasteiger partial charge on any atom is -0.379 e. The molecule has 1 rings (SSSR count). The van der Waals surface area contributed by atoms with Crippen molar-refractivity contribution in [2.45, 2.75) is 32.4 Å². The summed E-state index contributed by atoms with van der Waals surface area (Å²) in [4.78, 5) is 0. The predicted molar refractivity (Wildman–Crippen MR) is 64.1 cm³/mol. The number of aryl methyl sites for hydroxylation is 1. The van der Waals surface area contributed by atoms with E-state index >= 15 is 0 Å². The topological polar surface area (TPSA) is 21.3 Å². The molecule has 1 aromatic rings. The molecule has 0 bridgehead atoms. The van der Waals surface area contributed by atoms with Gasteiger partial charge in [-0.15, -0.1) is 0 Å². The molecule has 1 N–H and O–H groups in total. The van der Waals surface area contributed by atoms with E-state index < -0.39 is 0 Å². The van der Waals surface area contributed by atoms with Crippen LogP contribution in [0.15, 0.2) is 24.3 Å². The zero-order chi connectivity index (χ0) is 11.3. The van der Waals surface area contributed by atoms with Gasteiger partial charge in [0.25, 0.3) is 0 Å². The summed E-state index contributed by atoms with van der Waals surface area (Å²) < 4.78 is 5.48. The van der Waals surface area contributed by atoms with Crippen LogP contribution in [0.1, 0.15) is 30.5 Å². The lowest BCUT2D eigenvalue weighted by Gasteiger charge is -2.25. The minimum atomic E-state index is 0.233. The third-order valence-corrected chi connectivity index (χ3v) is 2.79. The van der Waals surface area contributed by atoms with Crippen molar-refractivity contribution in [1.82, 2.24) is 5.32 Å². The van der Waals surface area contributed by atoms with E-state index in [-0.39, 0.29) is 12.1 Å². The second kappa shape index (κ2) is 5.89. The fourth-order valence-electron chi connectivity index (χ4n) is 1.97. The third-order valence-electron chi connectivity index (χ3n) is 2.79.